The topological polar surface area (TPSA) is 204 Å². The van der Waals surface area contributed by atoms with Crippen LogP contribution in [0, 0.1) is 0 Å². The van der Waals surface area contributed by atoms with E-state index in [-0.39, 0.29) is 47.2 Å². The van der Waals surface area contributed by atoms with Crippen molar-refractivity contribution in [3.8, 4) is 5.75 Å². The van der Waals surface area contributed by atoms with Gasteiger partial charge in [-0.25, -0.2) is 9.59 Å². The molecule has 2 aromatic rings. The molecule has 6 N–H and O–H groups in total. The third-order valence-corrected chi connectivity index (χ3v) is 6.61. The van der Waals surface area contributed by atoms with Crippen LogP contribution in [-0.2, 0) is 20.8 Å². The molecule has 5 amide bonds. The molecule has 2 aliphatic rings. The third kappa shape index (κ3) is 5.58. The van der Waals surface area contributed by atoms with E-state index in [1.807, 2.05) is 0 Å². The first kappa shape index (κ1) is 27.7. The van der Waals surface area contributed by atoms with Crippen LogP contribution in [0.25, 0.3) is 0 Å². The van der Waals surface area contributed by atoms with Crippen LogP contribution in [0.1, 0.15) is 34.6 Å². The summed E-state index contributed by atoms with van der Waals surface area (Å²) in [5, 5.41) is 24.8. The number of nitrogens with two attached hydrogens (primary N) is 1. The Kier molecular flexibility index (Phi) is 7.92. The maximum Gasteiger partial charge on any atom is 0.547 e. The first-order chi connectivity index (χ1) is 18.5. The molecule has 0 bridgehead atoms. The number of para-hydroxylation sites is 1. The molecule has 1 fully saturated rings. The number of aromatic carboxylic acids is 1. The summed E-state index contributed by atoms with van der Waals surface area (Å²) in [5.41, 5.74) is 6.06. The van der Waals surface area contributed by atoms with Crippen LogP contribution in [0.4, 0.5) is 10.5 Å². The van der Waals surface area contributed by atoms with Gasteiger partial charge in [0.25, 0.3) is 0 Å². The van der Waals surface area contributed by atoms with E-state index in [9.17, 15) is 34.1 Å². The number of carboxylic acid groups (broad SMARTS) is 1. The van der Waals surface area contributed by atoms with Gasteiger partial charge in [0.2, 0.25) is 5.91 Å². The normalized spacial score (nSPS) is 17.7. The van der Waals surface area contributed by atoms with Gasteiger partial charge >= 0.3 is 30.9 Å². The Bertz CT molecular complexity index is 1360. The number of rotatable bonds is 6. The molecule has 0 spiro atoms. The summed E-state index contributed by atoms with van der Waals surface area (Å²) in [4.78, 5) is 68.8. The van der Waals surface area contributed by atoms with Crippen LogP contribution >= 0.6 is 11.6 Å². The molecule has 1 aromatic heterocycles. The Labute approximate surface area is 227 Å². The van der Waals surface area contributed by atoms with Gasteiger partial charge in [-0.15, -0.1) is 0 Å². The van der Waals surface area contributed by atoms with Crippen LogP contribution in [0.3, 0.4) is 0 Å². The van der Waals surface area contributed by atoms with Crippen LogP contribution in [0.5, 0.6) is 5.75 Å². The summed E-state index contributed by atoms with van der Waals surface area (Å²) in [6.07, 6.45) is 1.21. The lowest BCUT2D eigenvalue weighted by Crippen LogP contribution is -2.60. The van der Waals surface area contributed by atoms with Gasteiger partial charge in [0, 0.05) is 19.6 Å². The van der Waals surface area contributed by atoms with Crippen LogP contribution in [0.2, 0.25) is 5.02 Å². The summed E-state index contributed by atoms with van der Waals surface area (Å²) in [5.74, 6) is -5.12. The Morgan fingerprint density at radius 3 is 2.69 bits per heavy atom. The first-order valence-corrected chi connectivity index (χ1v) is 12.2. The fourth-order valence-electron chi connectivity index (χ4n) is 4.29. The van der Waals surface area contributed by atoms with E-state index in [0.717, 1.165) is 0 Å². The minimum Gasteiger partial charge on any atom is -0.534 e. The van der Waals surface area contributed by atoms with Gasteiger partial charge in [0.1, 0.15) is 5.75 Å². The second-order valence-electron chi connectivity index (χ2n) is 8.79. The van der Waals surface area contributed by atoms with E-state index in [2.05, 4.69) is 15.6 Å². The SMILES string of the molecule is CCN1CCN(C(=O)NC(C(=O)N[C@H]2Cc3cccc(C(=O)O)c3OB2O)c2ncc(N)cc2Cl)C(=O)C1=O. The number of carboxylic acids is 1. The fraction of sp³-hybridized carbons (Fsp3) is 0.304. The number of carbonyl (C=O) groups excluding carboxylic acids is 4. The molecule has 3 heterocycles. The Morgan fingerprint density at radius 1 is 1.28 bits per heavy atom. The third-order valence-electron chi connectivity index (χ3n) is 6.31. The lowest BCUT2D eigenvalue weighted by Gasteiger charge is -2.33. The van der Waals surface area contributed by atoms with Gasteiger partial charge in [-0.1, -0.05) is 23.7 Å². The second kappa shape index (κ2) is 11.2. The number of carbonyl (C=O) groups is 5. The number of aromatic nitrogens is 1. The van der Waals surface area contributed by atoms with Crippen molar-refractivity contribution in [2.24, 2.45) is 0 Å². The Morgan fingerprint density at radius 2 is 2.03 bits per heavy atom. The average Bonchev–Trinajstić information content (AvgIpc) is 2.89. The molecule has 2 atom stereocenters. The van der Waals surface area contributed by atoms with Crippen LogP contribution in [0.15, 0.2) is 30.5 Å². The van der Waals surface area contributed by atoms with Gasteiger partial charge in [-0.3, -0.25) is 24.3 Å². The monoisotopic (exact) mass is 558 g/mol. The van der Waals surface area contributed by atoms with Crippen LogP contribution in [-0.4, -0.2) is 87.3 Å². The maximum atomic E-state index is 13.4. The number of pyridine rings is 1. The molecule has 0 saturated carbocycles. The van der Waals surface area contributed by atoms with Crippen molar-refractivity contribution in [1.29, 1.82) is 0 Å². The zero-order valence-electron chi connectivity index (χ0n) is 20.6. The summed E-state index contributed by atoms with van der Waals surface area (Å²) in [7, 11) is -1.63. The molecule has 2 aliphatic heterocycles. The molecular weight excluding hydrogens is 535 g/mol. The first-order valence-electron chi connectivity index (χ1n) is 11.8. The number of anilines is 1. The number of imide groups is 1. The zero-order chi connectivity index (χ0) is 28.4. The highest BCUT2D eigenvalue weighted by Crippen LogP contribution is 2.31. The molecule has 16 heteroatoms. The second-order valence-corrected chi connectivity index (χ2v) is 9.19. The summed E-state index contributed by atoms with van der Waals surface area (Å²) in [6, 6.07) is 3.11. The minimum atomic E-state index is -1.63. The van der Waals surface area contributed by atoms with Gasteiger partial charge in [0.05, 0.1) is 34.1 Å². The van der Waals surface area contributed by atoms with Crippen molar-refractivity contribution < 1.29 is 38.8 Å². The van der Waals surface area contributed by atoms with E-state index in [1.165, 1.54) is 29.3 Å². The quantitative estimate of drug-likeness (QED) is 0.229. The fourth-order valence-corrected chi connectivity index (χ4v) is 4.57. The number of nitrogen functional groups attached to an aromatic ring is 1. The Balaban J connectivity index is 1.58. The van der Waals surface area contributed by atoms with Crippen LogP contribution < -0.4 is 21.0 Å². The summed E-state index contributed by atoms with van der Waals surface area (Å²) >= 11 is 6.27. The van der Waals surface area contributed by atoms with Crippen molar-refractivity contribution in [2.45, 2.75) is 25.3 Å². The molecule has 14 nitrogen and oxygen atoms in total. The van der Waals surface area contributed by atoms with Gasteiger partial charge < -0.3 is 36.1 Å². The summed E-state index contributed by atoms with van der Waals surface area (Å²) < 4.78 is 5.40. The molecule has 204 valence electrons. The predicted molar refractivity (Wildman–Crippen MR) is 137 cm³/mol. The van der Waals surface area contributed by atoms with Crippen molar-refractivity contribution in [1.82, 2.24) is 25.4 Å². The van der Waals surface area contributed by atoms with E-state index >= 15 is 0 Å². The van der Waals surface area contributed by atoms with Gasteiger partial charge in [0.15, 0.2) is 6.04 Å². The number of halogens is 1. The number of hydrogen-bond acceptors (Lipinski definition) is 9. The summed E-state index contributed by atoms with van der Waals surface area (Å²) in [6.45, 7) is 2.01. The molecule has 0 radical (unpaired) electrons. The molecule has 1 aromatic carbocycles. The number of hydrogen-bond donors (Lipinski definition) is 5. The Hall–Kier alpha value is -4.37. The number of urea groups is 1. The maximum absolute atomic E-state index is 13.4. The highest BCUT2D eigenvalue weighted by atomic mass is 35.5. The zero-order valence-corrected chi connectivity index (χ0v) is 21.3. The number of amides is 5. The molecular formula is C23H24BClN6O8. The van der Waals surface area contributed by atoms with E-state index in [4.69, 9.17) is 22.0 Å². The largest absolute Gasteiger partial charge is 0.547 e. The molecule has 4 rings (SSSR count). The van der Waals surface area contributed by atoms with E-state index < -0.39 is 48.8 Å². The number of nitrogens with zero attached hydrogens (tertiary/aromatic N) is 3. The van der Waals surface area contributed by atoms with Crippen molar-refractivity contribution in [3.05, 3.63) is 52.3 Å². The van der Waals surface area contributed by atoms with Crippen molar-refractivity contribution in [3.63, 3.8) is 0 Å². The highest BCUT2D eigenvalue weighted by Gasteiger charge is 2.41. The predicted octanol–water partition coefficient (Wildman–Crippen LogP) is -0.404. The lowest BCUT2D eigenvalue weighted by atomic mass is 9.72. The molecule has 1 saturated heterocycles. The lowest BCUT2D eigenvalue weighted by molar-refractivity contribution is -0.153. The molecule has 39 heavy (non-hydrogen) atoms. The van der Waals surface area contributed by atoms with Gasteiger partial charge in [-0.2, -0.15) is 0 Å². The smallest absolute Gasteiger partial charge is 0.534 e. The van der Waals surface area contributed by atoms with Crippen molar-refractivity contribution >= 4 is 54.1 Å². The van der Waals surface area contributed by atoms with E-state index in [1.54, 1.807) is 13.0 Å². The standard InChI is InChI=1S/C23H24BClN6O8/c1-2-30-6-7-31(21(34)20(30)33)23(37)29-17(16-14(25)9-12(26)10-27-16)19(32)28-15-8-11-4-3-5-13(22(35)36)18(11)39-24(15)38/h3-5,9-10,15,17,38H,2,6-8,26H2,1H3,(H,28,32)(H,29,37)(H,35,36)/t15-,17?/m0/s1. The number of nitrogens with one attached hydrogen (secondary N) is 2. The minimum absolute atomic E-state index is 0.00110. The number of fused-ring (bicyclic) bond motifs is 1. The molecule has 1 unspecified atom stereocenters. The van der Waals surface area contributed by atoms with E-state index in [0.29, 0.717) is 17.0 Å². The number of piperazine rings is 1. The number of benzene rings is 1. The number of likely N-dealkylation sites (N-methyl/N-ethyl adjacent to an activating group) is 1. The van der Waals surface area contributed by atoms with Gasteiger partial charge in [-0.05, 0) is 31.0 Å². The highest BCUT2D eigenvalue weighted by molar-refractivity contribution is 6.47. The van der Waals surface area contributed by atoms with Crippen molar-refractivity contribution in [2.75, 3.05) is 25.4 Å². The average molecular weight is 559 g/mol. The molecule has 0 aliphatic carbocycles.